The first-order chi connectivity index (χ1) is 11.9. The number of aryl methyl sites for hydroxylation is 1. The van der Waals surface area contributed by atoms with Crippen molar-refractivity contribution in [1.82, 2.24) is 10.3 Å². The van der Waals surface area contributed by atoms with Crippen molar-refractivity contribution in [1.29, 1.82) is 0 Å². The normalized spacial score (nSPS) is 11.3. The number of hydrogen-bond acceptors (Lipinski definition) is 4. The van der Waals surface area contributed by atoms with Crippen LogP contribution in [0.2, 0.25) is 0 Å². The quantitative estimate of drug-likeness (QED) is 0.753. The van der Waals surface area contributed by atoms with Gasteiger partial charge in [-0.05, 0) is 36.8 Å². The summed E-state index contributed by atoms with van der Waals surface area (Å²) in [6.07, 6.45) is 1.62. The molecule has 2 aromatic carbocycles. The summed E-state index contributed by atoms with van der Waals surface area (Å²) in [4.78, 5) is 16.3. The molecule has 3 aromatic rings. The number of fused-ring (bicyclic) bond motifs is 1. The lowest BCUT2D eigenvalue weighted by atomic mass is 10.2. The van der Waals surface area contributed by atoms with Gasteiger partial charge in [0.2, 0.25) is 0 Å². The van der Waals surface area contributed by atoms with E-state index in [1.165, 1.54) is 13.1 Å². The molecule has 128 valence electrons. The number of nitrogens with zero attached hydrogens (tertiary/aromatic N) is 1. The van der Waals surface area contributed by atoms with Crippen LogP contribution in [0, 0.1) is 6.92 Å². The molecule has 1 heterocycles. The van der Waals surface area contributed by atoms with Gasteiger partial charge in [-0.25, -0.2) is 8.42 Å². The Bertz CT molecular complexity index is 1060. The molecule has 0 aliphatic rings. The summed E-state index contributed by atoms with van der Waals surface area (Å²) in [5.74, 6) is -0.370. The van der Waals surface area contributed by atoms with Crippen LogP contribution in [0.1, 0.15) is 15.9 Å². The topological polar surface area (TPSA) is 88.2 Å². The Kier molecular flexibility index (Phi) is 4.41. The van der Waals surface area contributed by atoms with Gasteiger partial charge in [0.15, 0.2) is 0 Å². The second kappa shape index (κ2) is 6.52. The van der Waals surface area contributed by atoms with Crippen LogP contribution in [0.25, 0.3) is 10.9 Å². The zero-order valence-corrected chi connectivity index (χ0v) is 14.6. The highest BCUT2D eigenvalue weighted by atomic mass is 32.2. The molecule has 25 heavy (non-hydrogen) atoms. The fourth-order valence-corrected chi connectivity index (χ4v) is 3.82. The van der Waals surface area contributed by atoms with Crippen LogP contribution < -0.4 is 10.0 Å². The van der Waals surface area contributed by atoms with Crippen molar-refractivity contribution in [2.24, 2.45) is 0 Å². The largest absolute Gasteiger partial charge is 0.355 e. The number of anilines is 1. The fraction of sp³-hybridized carbons (Fsp3) is 0.111. The minimum atomic E-state index is -3.91. The third kappa shape index (κ3) is 3.32. The van der Waals surface area contributed by atoms with Gasteiger partial charge in [0.1, 0.15) is 4.90 Å². The maximum Gasteiger partial charge on any atom is 0.264 e. The molecule has 2 N–H and O–H groups in total. The Morgan fingerprint density at radius 2 is 1.84 bits per heavy atom. The fourth-order valence-electron chi connectivity index (χ4n) is 2.56. The smallest absolute Gasteiger partial charge is 0.264 e. The van der Waals surface area contributed by atoms with Gasteiger partial charge in [0.05, 0.1) is 16.8 Å². The van der Waals surface area contributed by atoms with Crippen LogP contribution in [0.4, 0.5) is 5.69 Å². The minimum absolute atomic E-state index is 0.0664. The van der Waals surface area contributed by atoms with E-state index in [4.69, 9.17) is 0 Å². The second-order valence-electron chi connectivity index (χ2n) is 5.57. The molecule has 0 spiro atoms. The number of rotatable bonds is 4. The van der Waals surface area contributed by atoms with Crippen molar-refractivity contribution in [3.63, 3.8) is 0 Å². The average Bonchev–Trinajstić information content (AvgIpc) is 2.60. The van der Waals surface area contributed by atoms with E-state index in [1.54, 1.807) is 36.5 Å². The molecule has 0 radical (unpaired) electrons. The van der Waals surface area contributed by atoms with E-state index in [0.29, 0.717) is 5.52 Å². The van der Waals surface area contributed by atoms with Crippen molar-refractivity contribution < 1.29 is 13.2 Å². The van der Waals surface area contributed by atoms with Crippen molar-refractivity contribution in [2.45, 2.75) is 11.8 Å². The number of pyridine rings is 1. The molecule has 0 aliphatic heterocycles. The van der Waals surface area contributed by atoms with Crippen LogP contribution in [0.15, 0.2) is 59.6 Å². The van der Waals surface area contributed by atoms with Gasteiger partial charge < -0.3 is 5.32 Å². The van der Waals surface area contributed by atoms with Gasteiger partial charge in [0, 0.05) is 18.6 Å². The summed E-state index contributed by atoms with van der Waals surface area (Å²) in [7, 11) is -2.42. The summed E-state index contributed by atoms with van der Waals surface area (Å²) in [6.45, 7) is 1.89. The number of carbonyl (C=O) groups excluding carboxylic acids is 1. The first-order valence-corrected chi connectivity index (χ1v) is 9.10. The summed E-state index contributed by atoms with van der Waals surface area (Å²) in [6, 6.07) is 13.3. The number of aromatic nitrogens is 1. The van der Waals surface area contributed by atoms with Crippen LogP contribution in [0.3, 0.4) is 0 Å². The highest BCUT2D eigenvalue weighted by Crippen LogP contribution is 2.25. The van der Waals surface area contributed by atoms with E-state index in [2.05, 4.69) is 15.0 Å². The number of amides is 1. The molecule has 3 rings (SSSR count). The SMILES string of the molecule is CNC(=O)c1ccccc1NS(=O)(=O)c1cccc2cc(C)cnc12. The van der Waals surface area contributed by atoms with E-state index < -0.39 is 10.0 Å². The summed E-state index contributed by atoms with van der Waals surface area (Å²) >= 11 is 0. The Balaban J connectivity index is 2.09. The molecule has 6 nitrogen and oxygen atoms in total. The number of hydrogen-bond donors (Lipinski definition) is 2. The Labute approximate surface area is 146 Å². The molecule has 0 fully saturated rings. The van der Waals surface area contributed by atoms with Crippen LogP contribution >= 0.6 is 0 Å². The number of para-hydroxylation sites is 2. The number of carbonyl (C=O) groups is 1. The standard InChI is InChI=1S/C18H17N3O3S/c1-12-10-13-6-5-9-16(17(13)20-11-12)25(23,24)21-15-8-4-3-7-14(15)18(22)19-2/h3-11,21H,1-2H3,(H,19,22). The average molecular weight is 355 g/mol. The number of sulfonamides is 1. The molecule has 0 unspecified atom stereocenters. The monoisotopic (exact) mass is 355 g/mol. The molecule has 0 saturated heterocycles. The first-order valence-electron chi connectivity index (χ1n) is 7.61. The zero-order valence-electron chi connectivity index (χ0n) is 13.8. The molecule has 1 amide bonds. The lowest BCUT2D eigenvalue weighted by Gasteiger charge is -2.13. The molecule has 7 heteroatoms. The maximum atomic E-state index is 12.9. The third-order valence-electron chi connectivity index (χ3n) is 3.74. The summed E-state index contributed by atoms with van der Waals surface area (Å²) < 4.78 is 28.3. The minimum Gasteiger partial charge on any atom is -0.355 e. The zero-order chi connectivity index (χ0) is 18.0. The highest BCUT2D eigenvalue weighted by Gasteiger charge is 2.21. The van der Waals surface area contributed by atoms with Gasteiger partial charge in [-0.2, -0.15) is 0 Å². The molecular formula is C18H17N3O3S. The molecule has 0 saturated carbocycles. The maximum absolute atomic E-state index is 12.9. The summed E-state index contributed by atoms with van der Waals surface area (Å²) in [5.41, 5.74) is 1.79. The van der Waals surface area contributed by atoms with E-state index in [0.717, 1.165) is 10.9 Å². The second-order valence-corrected chi connectivity index (χ2v) is 7.22. The van der Waals surface area contributed by atoms with E-state index in [-0.39, 0.29) is 22.1 Å². The lowest BCUT2D eigenvalue weighted by molar-refractivity contribution is 0.0964. The van der Waals surface area contributed by atoms with Gasteiger partial charge in [-0.3, -0.25) is 14.5 Å². The predicted molar refractivity (Wildman–Crippen MR) is 97.1 cm³/mol. The molecule has 1 aromatic heterocycles. The van der Waals surface area contributed by atoms with Gasteiger partial charge in [-0.1, -0.05) is 24.3 Å². The Hall–Kier alpha value is -2.93. The third-order valence-corrected chi connectivity index (χ3v) is 5.14. The van der Waals surface area contributed by atoms with Crippen LogP contribution in [-0.4, -0.2) is 26.4 Å². The Morgan fingerprint density at radius 3 is 2.60 bits per heavy atom. The van der Waals surface area contributed by atoms with Crippen LogP contribution in [0.5, 0.6) is 0 Å². The van der Waals surface area contributed by atoms with Crippen molar-refractivity contribution in [3.8, 4) is 0 Å². The van der Waals surface area contributed by atoms with Crippen LogP contribution in [-0.2, 0) is 10.0 Å². The van der Waals surface area contributed by atoms with Crippen molar-refractivity contribution in [2.75, 3.05) is 11.8 Å². The lowest BCUT2D eigenvalue weighted by Crippen LogP contribution is -2.21. The van der Waals surface area contributed by atoms with Gasteiger partial charge in [-0.15, -0.1) is 0 Å². The summed E-state index contributed by atoms with van der Waals surface area (Å²) in [5, 5.41) is 3.24. The first kappa shape index (κ1) is 16.9. The predicted octanol–water partition coefficient (Wildman–Crippen LogP) is 2.70. The highest BCUT2D eigenvalue weighted by molar-refractivity contribution is 7.93. The van der Waals surface area contributed by atoms with E-state index in [9.17, 15) is 13.2 Å². The molecule has 0 bridgehead atoms. The molecule has 0 aliphatic carbocycles. The van der Waals surface area contributed by atoms with Gasteiger partial charge >= 0.3 is 0 Å². The Morgan fingerprint density at radius 1 is 1.08 bits per heavy atom. The van der Waals surface area contributed by atoms with E-state index in [1.807, 2.05) is 19.1 Å². The van der Waals surface area contributed by atoms with E-state index >= 15 is 0 Å². The molecule has 0 atom stereocenters. The van der Waals surface area contributed by atoms with Crippen molar-refractivity contribution in [3.05, 3.63) is 65.9 Å². The van der Waals surface area contributed by atoms with Crippen molar-refractivity contribution >= 4 is 32.5 Å². The van der Waals surface area contributed by atoms with Gasteiger partial charge in [0.25, 0.3) is 15.9 Å². The number of benzene rings is 2. The number of nitrogens with one attached hydrogen (secondary N) is 2. The molecular weight excluding hydrogens is 338 g/mol.